The number of thiazole rings is 1. The first-order valence-electron chi connectivity index (χ1n) is 8.11. The van der Waals surface area contributed by atoms with Crippen LogP contribution < -0.4 is 25.3 Å². The second kappa shape index (κ2) is 8.37. The molecule has 0 spiro atoms. The summed E-state index contributed by atoms with van der Waals surface area (Å²) >= 11 is 7.13. The number of nitrogens with zero attached hydrogens (tertiary/aromatic N) is 1. The van der Waals surface area contributed by atoms with Crippen LogP contribution in [-0.2, 0) is 0 Å². The molecule has 0 amide bonds. The third kappa shape index (κ3) is 3.83. The number of ether oxygens (including phenoxy) is 3. The summed E-state index contributed by atoms with van der Waals surface area (Å²) in [5.74, 6) is 0.847. The molecular weight excluding hydrogens is 402 g/mol. The largest absolute Gasteiger partial charge is 0.493 e. The Morgan fingerprint density at radius 2 is 1.86 bits per heavy atom. The number of anilines is 3. The lowest BCUT2D eigenvalue weighted by Gasteiger charge is -2.14. The van der Waals surface area contributed by atoms with Crippen molar-refractivity contribution in [2.24, 2.45) is 0 Å². The van der Waals surface area contributed by atoms with E-state index in [9.17, 15) is 4.79 Å². The molecule has 9 heteroatoms. The van der Waals surface area contributed by atoms with Crippen molar-refractivity contribution in [3.63, 3.8) is 0 Å². The molecule has 3 N–H and O–H groups in total. The Labute approximate surface area is 171 Å². The fourth-order valence-electron chi connectivity index (χ4n) is 2.64. The van der Waals surface area contributed by atoms with Crippen molar-refractivity contribution in [1.29, 1.82) is 0 Å². The number of nitrogens with one attached hydrogen (secondary N) is 1. The monoisotopic (exact) mass is 419 g/mol. The molecule has 0 aliphatic carbocycles. The van der Waals surface area contributed by atoms with Crippen LogP contribution in [0.3, 0.4) is 0 Å². The average Bonchev–Trinajstić information content (AvgIpc) is 3.05. The molecule has 0 fully saturated rings. The smallest absolute Gasteiger partial charge is 0.210 e. The molecule has 0 atom stereocenters. The third-order valence-electron chi connectivity index (χ3n) is 3.88. The van der Waals surface area contributed by atoms with Gasteiger partial charge in [-0.2, -0.15) is 0 Å². The first kappa shape index (κ1) is 19.8. The van der Waals surface area contributed by atoms with Gasteiger partial charge < -0.3 is 25.3 Å². The second-order valence-electron chi connectivity index (χ2n) is 5.58. The Kier molecular flexibility index (Phi) is 5.91. The van der Waals surface area contributed by atoms with Crippen molar-refractivity contribution in [3.8, 4) is 17.2 Å². The number of carbonyl (C=O) groups excluding carboxylic acids is 1. The van der Waals surface area contributed by atoms with E-state index in [0.29, 0.717) is 27.2 Å². The minimum absolute atomic E-state index is 0.122. The third-order valence-corrected chi connectivity index (χ3v) is 5.10. The maximum Gasteiger partial charge on any atom is 0.210 e. The van der Waals surface area contributed by atoms with Gasteiger partial charge >= 0.3 is 0 Å². The highest BCUT2D eigenvalue weighted by Crippen LogP contribution is 2.41. The zero-order valence-corrected chi connectivity index (χ0v) is 17.0. The van der Waals surface area contributed by atoms with Gasteiger partial charge in [-0.25, -0.2) is 4.98 Å². The standard InChI is InChI=1S/C19H18ClN3O4S/c1-25-13-8-7-12(15(26-2)16(13)27-3)14(24)17-18(21)23-19(28-17)22-11-6-4-5-10(20)9-11/h4-9H,21H2,1-3H3,(H,22,23). The Morgan fingerprint density at radius 1 is 1.11 bits per heavy atom. The summed E-state index contributed by atoms with van der Waals surface area (Å²) in [5, 5.41) is 4.16. The molecule has 0 saturated carbocycles. The number of methoxy groups -OCH3 is 3. The average molecular weight is 420 g/mol. The summed E-state index contributed by atoms with van der Waals surface area (Å²) < 4.78 is 16.0. The number of aromatic nitrogens is 1. The van der Waals surface area contributed by atoms with Crippen LogP contribution in [0.5, 0.6) is 17.2 Å². The number of benzene rings is 2. The molecule has 28 heavy (non-hydrogen) atoms. The van der Waals surface area contributed by atoms with Gasteiger partial charge in [-0.05, 0) is 30.3 Å². The number of rotatable bonds is 7. The normalized spacial score (nSPS) is 10.4. The molecule has 146 valence electrons. The minimum Gasteiger partial charge on any atom is -0.493 e. The van der Waals surface area contributed by atoms with Crippen LogP contribution in [0, 0.1) is 0 Å². The predicted octanol–water partition coefficient (Wildman–Crippen LogP) is 4.38. The van der Waals surface area contributed by atoms with E-state index in [1.807, 2.05) is 12.1 Å². The zero-order valence-electron chi connectivity index (χ0n) is 15.4. The van der Waals surface area contributed by atoms with Gasteiger partial charge in [0.05, 0.1) is 26.9 Å². The molecule has 0 aliphatic rings. The van der Waals surface area contributed by atoms with E-state index < -0.39 is 0 Å². The molecule has 7 nitrogen and oxygen atoms in total. The quantitative estimate of drug-likeness (QED) is 0.548. The van der Waals surface area contributed by atoms with Crippen LogP contribution in [0.1, 0.15) is 15.2 Å². The van der Waals surface area contributed by atoms with Crippen LogP contribution in [-0.4, -0.2) is 32.1 Å². The van der Waals surface area contributed by atoms with Crippen molar-refractivity contribution >= 4 is 45.4 Å². The van der Waals surface area contributed by atoms with Crippen molar-refractivity contribution in [2.45, 2.75) is 0 Å². The van der Waals surface area contributed by atoms with E-state index >= 15 is 0 Å². The highest BCUT2D eigenvalue weighted by Gasteiger charge is 2.25. The number of carbonyl (C=O) groups is 1. The van der Waals surface area contributed by atoms with Gasteiger partial charge in [0.2, 0.25) is 11.5 Å². The summed E-state index contributed by atoms with van der Waals surface area (Å²) in [6, 6.07) is 10.4. The van der Waals surface area contributed by atoms with Crippen molar-refractivity contribution < 1.29 is 19.0 Å². The molecule has 0 saturated heterocycles. The van der Waals surface area contributed by atoms with E-state index in [1.165, 1.54) is 21.3 Å². The molecule has 3 aromatic rings. The summed E-state index contributed by atoms with van der Waals surface area (Å²) in [5.41, 5.74) is 7.03. The van der Waals surface area contributed by atoms with Gasteiger partial charge in [0.1, 0.15) is 10.7 Å². The maximum absolute atomic E-state index is 13.1. The number of halogens is 1. The highest BCUT2D eigenvalue weighted by atomic mass is 35.5. The lowest BCUT2D eigenvalue weighted by atomic mass is 10.1. The first-order chi connectivity index (χ1) is 13.5. The zero-order chi connectivity index (χ0) is 20.3. The van der Waals surface area contributed by atoms with E-state index in [-0.39, 0.29) is 22.2 Å². The van der Waals surface area contributed by atoms with Gasteiger partial charge in [-0.1, -0.05) is 29.0 Å². The molecule has 0 unspecified atom stereocenters. The predicted molar refractivity (Wildman–Crippen MR) is 111 cm³/mol. The van der Waals surface area contributed by atoms with Crippen LogP contribution in [0.25, 0.3) is 0 Å². The van der Waals surface area contributed by atoms with Crippen molar-refractivity contribution in [2.75, 3.05) is 32.4 Å². The molecule has 0 radical (unpaired) electrons. The van der Waals surface area contributed by atoms with Crippen molar-refractivity contribution in [3.05, 3.63) is 51.9 Å². The number of nitrogen functional groups attached to an aromatic ring is 1. The summed E-state index contributed by atoms with van der Waals surface area (Å²) in [7, 11) is 4.44. The fraction of sp³-hybridized carbons (Fsp3) is 0.158. The molecule has 0 aliphatic heterocycles. The van der Waals surface area contributed by atoms with Gasteiger partial charge in [0.15, 0.2) is 16.6 Å². The van der Waals surface area contributed by atoms with Crippen LogP contribution in [0.15, 0.2) is 36.4 Å². The summed E-state index contributed by atoms with van der Waals surface area (Å²) in [6.07, 6.45) is 0. The minimum atomic E-state index is -0.327. The number of hydrogen-bond donors (Lipinski definition) is 2. The van der Waals surface area contributed by atoms with Gasteiger partial charge in [0.25, 0.3) is 0 Å². The topological polar surface area (TPSA) is 95.7 Å². The van der Waals surface area contributed by atoms with Gasteiger partial charge in [0, 0.05) is 10.7 Å². The second-order valence-corrected chi connectivity index (χ2v) is 7.02. The number of ketones is 1. The van der Waals surface area contributed by atoms with E-state index in [0.717, 1.165) is 17.0 Å². The first-order valence-corrected chi connectivity index (χ1v) is 9.30. The molecular formula is C19H18ClN3O4S. The van der Waals surface area contributed by atoms with E-state index in [4.69, 9.17) is 31.5 Å². The maximum atomic E-state index is 13.1. The Morgan fingerprint density at radius 3 is 2.50 bits per heavy atom. The van der Waals surface area contributed by atoms with Crippen LogP contribution >= 0.6 is 22.9 Å². The fourth-order valence-corrected chi connectivity index (χ4v) is 3.69. The summed E-state index contributed by atoms with van der Waals surface area (Å²) in [6.45, 7) is 0. The molecule has 3 rings (SSSR count). The lowest BCUT2D eigenvalue weighted by molar-refractivity contribution is 0.103. The molecule has 1 heterocycles. The van der Waals surface area contributed by atoms with E-state index in [2.05, 4.69) is 10.3 Å². The van der Waals surface area contributed by atoms with Crippen LogP contribution in [0.4, 0.5) is 16.6 Å². The van der Waals surface area contributed by atoms with E-state index in [1.54, 1.807) is 24.3 Å². The summed E-state index contributed by atoms with van der Waals surface area (Å²) in [4.78, 5) is 17.6. The lowest BCUT2D eigenvalue weighted by Crippen LogP contribution is -2.06. The molecule has 1 aromatic heterocycles. The number of hydrogen-bond acceptors (Lipinski definition) is 8. The SMILES string of the molecule is COc1ccc(C(=O)c2sc(Nc3cccc(Cl)c3)nc2N)c(OC)c1OC. The Balaban J connectivity index is 1.96. The van der Waals surface area contributed by atoms with Gasteiger partial charge in [-0.15, -0.1) is 0 Å². The molecule has 2 aromatic carbocycles. The molecule has 0 bridgehead atoms. The number of nitrogens with two attached hydrogens (primary N) is 1. The van der Waals surface area contributed by atoms with Crippen molar-refractivity contribution in [1.82, 2.24) is 4.98 Å². The van der Waals surface area contributed by atoms with Gasteiger partial charge in [-0.3, -0.25) is 4.79 Å². The highest BCUT2D eigenvalue weighted by molar-refractivity contribution is 7.18. The van der Waals surface area contributed by atoms with Crippen LogP contribution in [0.2, 0.25) is 5.02 Å². The Bertz CT molecular complexity index is 1020. The Hall–Kier alpha value is -2.97.